The van der Waals surface area contributed by atoms with Gasteiger partial charge in [0.1, 0.15) is 0 Å². The number of halogens is 1. The molecule has 2 heterocycles. The first-order valence-electron chi connectivity index (χ1n) is 9.38. The van der Waals surface area contributed by atoms with Gasteiger partial charge in [-0.1, -0.05) is 47.1 Å². The first-order chi connectivity index (χ1) is 14.1. The van der Waals surface area contributed by atoms with Crippen molar-refractivity contribution in [1.29, 1.82) is 0 Å². The monoisotopic (exact) mass is 410 g/mol. The number of benzene rings is 2. The van der Waals surface area contributed by atoms with E-state index in [-0.39, 0.29) is 18.2 Å². The Kier molecular flexibility index (Phi) is 5.57. The summed E-state index contributed by atoms with van der Waals surface area (Å²) in [6.07, 6.45) is 1.89. The number of hydrogen-bond donors (Lipinski definition) is 1. The molecule has 1 aliphatic rings. The molecule has 2 amide bonds. The van der Waals surface area contributed by atoms with Crippen molar-refractivity contribution in [2.75, 3.05) is 16.8 Å². The van der Waals surface area contributed by atoms with Gasteiger partial charge in [-0.05, 0) is 24.6 Å². The summed E-state index contributed by atoms with van der Waals surface area (Å²) in [5, 5.41) is 7.18. The van der Waals surface area contributed by atoms with Crippen LogP contribution in [0.4, 0.5) is 11.4 Å². The lowest BCUT2D eigenvalue weighted by Crippen LogP contribution is -2.24. The first-order valence-corrected chi connectivity index (χ1v) is 9.76. The molecular weight excluding hydrogens is 392 g/mol. The highest BCUT2D eigenvalue weighted by Crippen LogP contribution is 2.31. The lowest BCUT2D eigenvalue weighted by atomic mass is 10.2. The van der Waals surface area contributed by atoms with Gasteiger partial charge < -0.3 is 14.7 Å². The molecule has 1 aromatic heterocycles. The molecule has 0 aliphatic carbocycles. The van der Waals surface area contributed by atoms with Crippen LogP contribution >= 0.6 is 11.6 Å². The van der Waals surface area contributed by atoms with Gasteiger partial charge in [0.2, 0.25) is 23.5 Å². The quantitative estimate of drug-likeness (QED) is 0.661. The standard InChI is InChI=1S/C21H19ClN4O3/c22-16-13-15(8-9-17(16)26-12-4-7-20(26)28)23-18(27)10-11-19-24-21(25-29-19)14-5-2-1-3-6-14/h1-3,5-6,8-9,13H,4,7,10-12H2,(H,23,27). The zero-order valence-corrected chi connectivity index (χ0v) is 16.4. The largest absolute Gasteiger partial charge is 0.339 e. The Labute approximate surface area is 172 Å². The van der Waals surface area contributed by atoms with E-state index in [0.29, 0.717) is 47.5 Å². The van der Waals surface area contributed by atoms with Crippen LogP contribution in [0.5, 0.6) is 0 Å². The first kappa shape index (κ1) is 19.1. The van der Waals surface area contributed by atoms with Crippen molar-refractivity contribution in [3.05, 3.63) is 59.4 Å². The van der Waals surface area contributed by atoms with E-state index in [4.69, 9.17) is 16.1 Å². The van der Waals surface area contributed by atoms with Gasteiger partial charge in [0.25, 0.3) is 0 Å². The SMILES string of the molecule is O=C(CCc1nc(-c2ccccc2)no1)Nc1ccc(N2CCCC2=O)c(Cl)c1. The molecular formula is C21H19ClN4O3. The summed E-state index contributed by atoms with van der Waals surface area (Å²) in [6, 6.07) is 14.6. The summed E-state index contributed by atoms with van der Waals surface area (Å²) in [5.41, 5.74) is 2.11. The molecule has 0 spiro atoms. The fourth-order valence-corrected chi connectivity index (χ4v) is 3.49. The Bertz CT molecular complexity index is 1040. The normalized spacial score (nSPS) is 13.7. The minimum absolute atomic E-state index is 0.0677. The summed E-state index contributed by atoms with van der Waals surface area (Å²) in [7, 11) is 0. The van der Waals surface area contributed by atoms with E-state index >= 15 is 0 Å². The summed E-state index contributed by atoms with van der Waals surface area (Å²) in [4.78, 5) is 30.1. The number of nitrogens with one attached hydrogen (secondary N) is 1. The molecule has 1 aliphatic heterocycles. The number of nitrogens with zero attached hydrogens (tertiary/aromatic N) is 3. The van der Waals surface area contributed by atoms with Gasteiger partial charge in [0.05, 0.1) is 10.7 Å². The maximum absolute atomic E-state index is 12.3. The molecule has 3 aromatic rings. The van der Waals surface area contributed by atoms with Crippen LogP contribution in [0.2, 0.25) is 5.02 Å². The van der Waals surface area contributed by atoms with Gasteiger partial charge in [-0.3, -0.25) is 9.59 Å². The number of amides is 2. The van der Waals surface area contributed by atoms with Gasteiger partial charge in [-0.2, -0.15) is 4.98 Å². The van der Waals surface area contributed by atoms with Crippen LogP contribution in [-0.4, -0.2) is 28.5 Å². The molecule has 8 heteroatoms. The molecule has 0 radical (unpaired) electrons. The average Bonchev–Trinajstić information content (AvgIpc) is 3.36. The molecule has 7 nitrogen and oxygen atoms in total. The van der Waals surface area contributed by atoms with Gasteiger partial charge in [-0.25, -0.2) is 0 Å². The Hall–Kier alpha value is -3.19. The third-order valence-corrected chi connectivity index (χ3v) is 4.96. The molecule has 29 heavy (non-hydrogen) atoms. The second-order valence-electron chi connectivity index (χ2n) is 6.74. The number of aryl methyl sites for hydroxylation is 1. The predicted octanol–water partition coefficient (Wildman–Crippen LogP) is 4.09. The van der Waals surface area contributed by atoms with E-state index in [1.165, 1.54) is 0 Å². The van der Waals surface area contributed by atoms with Gasteiger partial charge in [0.15, 0.2) is 0 Å². The van der Waals surface area contributed by atoms with Crippen molar-refractivity contribution in [2.45, 2.75) is 25.7 Å². The van der Waals surface area contributed by atoms with E-state index in [0.717, 1.165) is 12.0 Å². The maximum atomic E-state index is 12.3. The number of rotatable bonds is 6. The molecule has 148 valence electrons. The van der Waals surface area contributed by atoms with Gasteiger partial charge >= 0.3 is 0 Å². The van der Waals surface area contributed by atoms with Crippen LogP contribution in [0.15, 0.2) is 53.1 Å². The Morgan fingerprint density at radius 1 is 1.21 bits per heavy atom. The summed E-state index contributed by atoms with van der Waals surface area (Å²) in [6.45, 7) is 0.666. The van der Waals surface area contributed by atoms with Crippen molar-refractivity contribution < 1.29 is 14.1 Å². The fraction of sp³-hybridized carbons (Fsp3) is 0.238. The van der Waals surface area contributed by atoms with E-state index in [2.05, 4.69) is 15.5 Å². The van der Waals surface area contributed by atoms with Crippen LogP contribution in [0, 0.1) is 0 Å². The van der Waals surface area contributed by atoms with E-state index in [9.17, 15) is 9.59 Å². The number of carbonyl (C=O) groups excluding carboxylic acids is 2. The van der Waals surface area contributed by atoms with Crippen molar-refractivity contribution in [3.63, 3.8) is 0 Å². The summed E-state index contributed by atoms with van der Waals surface area (Å²) < 4.78 is 5.22. The molecule has 1 N–H and O–H groups in total. The second-order valence-corrected chi connectivity index (χ2v) is 7.15. The molecule has 0 saturated carbocycles. The number of carbonyl (C=O) groups is 2. The number of hydrogen-bond acceptors (Lipinski definition) is 5. The molecule has 0 unspecified atom stereocenters. The molecule has 4 rings (SSSR count). The predicted molar refractivity (Wildman–Crippen MR) is 110 cm³/mol. The van der Waals surface area contributed by atoms with Gasteiger partial charge in [0, 0.05) is 37.1 Å². The Morgan fingerprint density at radius 3 is 2.76 bits per heavy atom. The molecule has 1 saturated heterocycles. The smallest absolute Gasteiger partial charge is 0.227 e. The maximum Gasteiger partial charge on any atom is 0.227 e. The third-order valence-electron chi connectivity index (χ3n) is 4.66. The van der Waals surface area contributed by atoms with Crippen LogP contribution in [0.1, 0.15) is 25.2 Å². The van der Waals surface area contributed by atoms with Crippen molar-refractivity contribution in [3.8, 4) is 11.4 Å². The fourth-order valence-electron chi connectivity index (χ4n) is 3.21. The van der Waals surface area contributed by atoms with Crippen molar-refractivity contribution >= 4 is 34.8 Å². The Morgan fingerprint density at radius 2 is 2.03 bits per heavy atom. The minimum Gasteiger partial charge on any atom is -0.339 e. The Balaban J connectivity index is 1.34. The second kappa shape index (κ2) is 8.45. The minimum atomic E-state index is -0.189. The van der Waals surface area contributed by atoms with Crippen LogP contribution in [0.25, 0.3) is 11.4 Å². The van der Waals surface area contributed by atoms with Crippen molar-refractivity contribution in [2.24, 2.45) is 0 Å². The highest BCUT2D eigenvalue weighted by molar-refractivity contribution is 6.34. The highest BCUT2D eigenvalue weighted by atomic mass is 35.5. The third kappa shape index (κ3) is 4.46. The molecule has 1 fully saturated rings. The zero-order valence-electron chi connectivity index (χ0n) is 15.6. The van der Waals surface area contributed by atoms with E-state index in [1.807, 2.05) is 30.3 Å². The zero-order chi connectivity index (χ0) is 20.2. The number of anilines is 2. The topological polar surface area (TPSA) is 88.3 Å². The van der Waals surface area contributed by atoms with Crippen LogP contribution in [0.3, 0.4) is 0 Å². The summed E-state index contributed by atoms with van der Waals surface area (Å²) in [5.74, 6) is 0.781. The number of aromatic nitrogens is 2. The van der Waals surface area contributed by atoms with Crippen LogP contribution in [-0.2, 0) is 16.0 Å². The molecule has 0 atom stereocenters. The lowest BCUT2D eigenvalue weighted by Gasteiger charge is -2.18. The average molecular weight is 411 g/mol. The van der Waals surface area contributed by atoms with E-state index in [1.54, 1.807) is 23.1 Å². The lowest BCUT2D eigenvalue weighted by molar-refractivity contribution is -0.117. The summed E-state index contributed by atoms with van der Waals surface area (Å²) >= 11 is 6.31. The molecule has 0 bridgehead atoms. The van der Waals surface area contributed by atoms with Crippen molar-refractivity contribution in [1.82, 2.24) is 10.1 Å². The van der Waals surface area contributed by atoms with Gasteiger partial charge in [-0.15, -0.1) is 0 Å². The highest BCUT2D eigenvalue weighted by Gasteiger charge is 2.23. The van der Waals surface area contributed by atoms with E-state index < -0.39 is 0 Å². The van der Waals surface area contributed by atoms with Crippen LogP contribution < -0.4 is 10.2 Å². The molecule has 2 aromatic carbocycles.